The molecule has 2 aromatic rings. The van der Waals surface area contributed by atoms with Crippen LogP contribution in [0.25, 0.3) is 0 Å². The number of fused-ring (bicyclic) bond motifs is 1. The van der Waals surface area contributed by atoms with E-state index < -0.39 is 0 Å². The van der Waals surface area contributed by atoms with Crippen LogP contribution in [-0.2, 0) is 0 Å². The van der Waals surface area contributed by atoms with Gasteiger partial charge in [0.1, 0.15) is 11.8 Å². The number of pyridine rings is 1. The Kier molecular flexibility index (Phi) is 5.49. The summed E-state index contributed by atoms with van der Waals surface area (Å²) in [6, 6.07) is 12.8. The molecule has 0 aliphatic carbocycles. The number of thioether (sulfide) groups is 1. The summed E-state index contributed by atoms with van der Waals surface area (Å²) >= 11 is 1.86. The summed E-state index contributed by atoms with van der Waals surface area (Å²) in [5.41, 5.74) is 3.39. The van der Waals surface area contributed by atoms with Gasteiger partial charge in [0.25, 0.3) is 0 Å². The first-order chi connectivity index (χ1) is 13.7. The number of benzene rings is 1. The van der Waals surface area contributed by atoms with E-state index in [1.54, 1.807) is 7.11 Å². The van der Waals surface area contributed by atoms with Gasteiger partial charge in [-0.25, -0.2) is 0 Å². The van der Waals surface area contributed by atoms with Crippen LogP contribution in [0.3, 0.4) is 0 Å². The Morgan fingerprint density at radius 1 is 1.21 bits per heavy atom. The highest BCUT2D eigenvalue weighted by atomic mass is 32.2. The number of ether oxygens (including phenoxy) is 1. The van der Waals surface area contributed by atoms with Crippen LogP contribution in [0.15, 0.2) is 47.6 Å². The van der Waals surface area contributed by atoms with Gasteiger partial charge < -0.3 is 14.5 Å². The molecular formula is C22H28N4OS. The molecule has 0 saturated carbocycles. The molecule has 148 valence electrons. The second-order valence-corrected chi connectivity index (χ2v) is 8.64. The lowest BCUT2D eigenvalue weighted by molar-refractivity contribution is 0.307. The Morgan fingerprint density at radius 2 is 2.04 bits per heavy atom. The summed E-state index contributed by atoms with van der Waals surface area (Å²) in [5.74, 6) is 0.927. The Morgan fingerprint density at radius 3 is 2.71 bits per heavy atom. The van der Waals surface area contributed by atoms with Crippen LogP contribution in [-0.4, -0.2) is 47.0 Å². The Bertz CT molecular complexity index is 853. The van der Waals surface area contributed by atoms with Crippen molar-refractivity contribution in [2.45, 2.75) is 38.1 Å². The van der Waals surface area contributed by atoms with Crippen LogP contribution in [0.4, 0.5) is 5.69 Å². The fraction of sp³-hybridized carbons (Fsp3) is 0.455. The van der Waals surface area contributed by atoms with Crippen molar-refractivity contribution in [2.24, 2.45) is 4.99 Å². The average Bonchev–Trinajstić information content (AvgIpc) is 3.25. The van der Waals surface area contributed by atoms with Gasteiger partial charge in [-0.2, -0.15) is 0 Å². The second-order valence-electron chi connectivity index (χ2n) is 7.24. The van der Waals surface area contributed by atoms with Gasteiger partial charge in [-0.1, -0.05) is 30.8 Å². The summed E-state index contributed by atoms with van der Waals surface area (Å²) in [7, 11) is 1.76. The first kappa shape index (κ1) is 19.1. The summed E-state index contributed by atoms with van der Waals surface area (Å²) in [6.45, 7) is 9.58. The smallest absolute Gasteiger partial charge is 0.160 e. The molecule has 1 saturated heterocycles. The standard InChI is InChI=1S/C22H28N4OS/c1-5-25(6-2)16-10-11-17(19(13-16)27-4)21-20(18-9-7-8-12-23-18)24-22-26(21)14-15(3)28-22/h7-13,15,20-21H,5-6,14H2,1-4H3/t15-,20-,21-/m0/s1. The van der Waals surface area contributed by atoms with E-state index in [9.17, 15) is 0 Å². The highest BCUT2D eigenvalue weighted by Gasteiger charge is 2.44. The minimum atomic E-state index is -0.00981. The maximum atomic E-state index is 5.87. The van der Waals surface area contributed by atoms with Gasteiger partial charge in [-0.05, 0) is 32.0 Å². The van der Waals surface area contributed by atoms with Crippen molar-refractivity contribution in [1.29, 1.82) is 0 Å². The lowest BCUT2D eigenvalue weighted by atomic mass is 9.95. The lowest BCUT2D eigenvalue weighted by Gasteiger charge is -2.30. The van der Waals surface area contributed by atoms with Crippen molar-refractivity contribution in [1.82, 2.24) is 9.88 Å². The topological polar surface area (TPSA) is 41.0 Å². The summed E-state index contributed by atoms with van der Waals surface area (Å²) in [5, 5.41) is 1.68. The number of hydrogen-bond acceptors (Lipinski definition) is 6. The third-order valence-corrected chi connectivity index (χ3v) is 6.65. The zero-order chi connectivity index (χ0) is 19.7. The zero-order valence-electron chi connectivity index (χ0n) is 17.0. The van der Waals surface area contributed by atoms with Crippen LogP contribution in [0.5, 0.6) is 5.75 Å². The number of aliphatic imine (C=N–C) groups is 1. The Balaban J connectivity index is 1.77. The summed E-state index contributed by atoms with van der Waals surface area (Å²) in [4.78, 5) is 14.5. The zero-order valence-corrected chi connectivity index (χ0v) is 17.8. The molecule has 0 radical (unpaired) electrons. The summed E-state index contributed by atoms with van der Waals surface area (Å²) < 4.78 is 5.87. The molecule has 2 aliphatic rings. The van der Waals surface area contributed by atoms with Gasteiger partial charge in [0.15, 0.2) is 5.17 Å². The van der Waals surface area contributed by atoms with E-state index in [4.69, 9.17) is 9.73 Å². The molecule has 3 atom stereocenters. The molecule has 0 bridgehead atoms. The van der Waals surface area contributed by atoms with E-state index in [0.717, 1.165) is 36.2 Å². The van der Waals surface area contributed by atoms with Gasteiger partial charge in [0.2, 0.25) is 0 Å². The molecular weight excluding hydrogens is 368 g/mol. The molecule has 0 N–H and O–H groups in total. The highest BCUT2D eigenvalue weighted by Crippen LogP contribution is 2.49. The number of hydrogen-bond donors (Lipinski definition) is 0. The molecule has 28 heavy (non-hydrogen) atoms. The number of aromatic nitrogens is 1. The summed E-state index contributed by atoms with van der Waals surface area (Å²) in [6.07, 6.45) is 1.85. The molecule has 1 aromatic carbocycles. The molecule has 6 heteroatoms. The molecule has 5 nitrogen and oxygen atoms in total. The number of nitrogens with zero attached hydrogens (tertiary/aromatic N) is 4. The van der Waals surface area contributed by atoms with Gasteiger partial charge in [0, 0.05) is 48.4 Å². The molecule has 4 rings (SSSR count). The van der Waals surface area contributed by atoms with Crippen molar-refractivity contribution in [2.75, 3.05) is 31.6 Å². The minimum Gasteiger partial charge on any atom is -0.496 e. The van der Waals surface area contributed by atoms with Gasteiger partial charge in [-0.3, -0.25) is 9.98 Å². The Labute approximate surface area is 171 Å². The van der Waals surface area contributed by atoms with Crippen molar-refractivity contribution >= 4 is 22.6 Å². The highest BCUT2D eigenvalue weighted by molar-refractivity contribution is 8.14. The van der Waals surface area contributed by atoms with E-state index in [2.05, 4.69) is 59.8 Å². The van der Waals surface area contributed by atoms with Gasteiger partial charge in [-0.15, -0.1) is 0 Å². The average molecular weight is 397 g/mol. The largest absolute Gasteiger partial charge is 0.496 e. The SMILES string of the molecule is CCN(CC)c1ccc([C@H]2[C@H](c3ccccn3)N=C3S[C@@H](C)CN32)c(OC)c1. The van der Waals surface area contributed by atoms with E-state index >= 15 is 0 Å². The quantitative estimate of drug-likeness (QED) is 0.718. The molecule has 0 unspecified atom stereocenters. The predicted octanol–water partition coefficient (Wildman–Crippen LogP) is 4.53. The second kappa shape index (κ2) is 8.03. The Hall–Kier alpha value is -2.21. The predicted molar refractivity (Wildman–Crippen MR) is 117 cm³/mol. The van der Waals surface area contributed by atoms with Crippen LogP contribution < -0.4 is 9.64 Å². The maximum absolute atomic E-state index is 5.87. The van der Waals surface area contributed by atoms with Crippen LogP contribution in [0.1, 0.15) is 44.1 Å². The monoisotopic (exact) mass is 396 g/mol. The molecule has 0 spiro atoms. The van der Waals surface area contributed by atoms with Gasteiger partial charge >= 0.3 is 0 Å². The van der Waals surface area contributed by atoms with E-state index in [1.165, 1.54) is 11.3 Å². The van der Waals surface area contributed by atoms with Crippen molar-refractivity contribution in [3.63, 3.8) is 0 Å². The number of rotatable bonds is 6. The molecule has 1 aromatic heterocycles. The van der Waals surface area contributed by atoms with Crippen LogP contribution >= 0.6 is 11.8 Å². The molecule has 3 heterocycles. The van der Waals surface area contributed by atoms with E-state index in [-0.39, 0.29) is 12.1 Å². The third-order valence-electron chi connectivity index (χ3n) is 5.55. The molecule has 0 amide bonds. The van der Waals surface area contributed by atoms with E-state index in [0.29, 0.717) is 5.25 Å². The van der Waals surface area contributed by atoms with Crippen molar-refractivity contribution < 1.29 is 4.74 Å². The van der Waals surface area contributed by atoms with Crippen LogP contribution in [0, 0.1) is 0 Å². The van der Waals surface area contributed by atoms with Crippen LogP contribution in [0.2, 0.25) is 0 Å². The molecule has 2 aliphatic heterocycles. The van der Waals surface area contributed by atoms with Crippen molar-refractivity contribution in [3.05, 3.63) is 53.9 Å². The minimum absolute atomic E-state index is 0.00981. The van der Waals surface area contributed by atoms with E-state index in [1.807, 2.05) is 30.1 Å². The van der Waals surface area contributed by atoms with Crippen molar-refractivity contribution in [3.8, 4) is 5.75 Å². The fourth-order valence-corrected chi connectivity index (χ4v) is 5.28. The lowest BCUT2D eigenvalue weighted by Crippen LogP contribution is -2.29. The maximum Gasteiger partial charge on any atom is 0.160 e. The normalized spacial score (nSPS) is 23.5. The van der Waals surface area contributed by atoms with Gasteiger partial charge in [0.05, 0.1) is 18.8 Å². The first-order valence-electron chi connectivity index (χ1n) is 10.0. The number of anilines is 1. The first-order valence-corrected chi connectivity index (χ1v) is 10.9. The number of amidine groups is 1. The fourth-order valence-electron chi connectivity index (χ4n) is 4.18. The third kappa shape index (κ3) is 3.34. The number of methoxy groups -OCH3 is 1. The molecule has 1 fully saturated rings.